The zero-order chi connectivity index (χ0) is 17.4. The van der Waals surface area contributed by atoms with Gasteiger partial charge in [-0.15, -0.1) is 0 Å². The predicted molar refractivity (Wildman–Crippen MR) is 101 cm³/mol. The fourth-order valence-corrected chi connectivity index (χ4v) is 4.08. The molecule has 2 aromatic carbocycles. The molecular weight excluding hydrogens is 332 g/mol. The van der Waals surface area contributed by atoms with Gasteiger partial charge < -0.3 is 4.98 Å². The molecule has 1 aliphatic rings. The van der Waals surface area contributed by atoms with E-state index in [4.69, 9.17) is 0 Å². The first-order chi connectivity index (χ1) is 12.1. The van der Waals surface area contributed by atoms with E-state index in [1.54, 1.807) is 0 Å². The van der Waals surface area contributed by atoms with E-state index in [0.717, 1.165) is 28.2 Å². The second kappa shape index (κ2) is 6.41. The van der Waals surface area contributed by atoms with E-state index in [0.29, 0.717) is 6.42 Å². The van der Waals surface area contributed by atoms with E-state index in [-0.39, 0.29) is 22.3 Å². The molecule has 2 amide bonds. The van der Waals surface area contributed by atoms with Gasteiger partial charge in [-0.3, -0.25) is 14.9 Å². The fraction of sp³-hybridized carbons (Fsp3) is 0.200. The van der Waals surface area contributed by atoms with Crippen LogP contribution in [0.25, 0.3) is 10.9 Å². The zero-order valence-corrected chi connectivity index (χ0v) is 14.6. The Morgan fingerprint density at radius 1 is 1.08 bits per heavy atom. The van der Waals surface area contributed by atoms with Gasteiger partial charge in [0.1, 0.15) is 0 Å². The molecule has 25 heavy (non-hydrogen) atoms. The Morgan fingerprint density at radius 3 is 2.60 bits per heavy atom. The van der Waals surface area contributed by atoms with E-state index in [1.165, 1.54) is 11.3 Å². The topological polar surface area (TPSA) is 62.0 Å². The number of imide groups is 1. The van der Waals surface area contributed by atoms with Crippen molar-refractivity contribution in [2.75, 3.05) is 0 Å². The first-order valence-corrected chi connectivity index (χ1v) is 9.16. The lowest BCUT2D eigenvalue weighted by atomic mass is 9.98. The molecule has 1 aliphatic heterocycles. The maximum atomic E-state index is 11.7. The quantitative estimate of drug-likeness (QED) is 0.741. The molecule has 0 spiro atoms. The summed E-state index contributed by atoms with van der Waals surface area (Å²) in [6.07, 6.45) is 0.556. The average Bonchev–Trinajstić information content (AvgIpc) is 3.17. The molecule has 1 fully saturated rings. The number of carbonyl (C=O) groups excluding carboxylic acids is 2. The van der Waals surface area contributed by atoms with Crippen LogP contribution in [0.1, 0.15) is 29.7 Å². The maximum Gasteiger partial charge on any atom is 0.286 e. The van der Waals surface area contributed by atoms with Crippen molar-refractivity contribution in [3.63, 3.8) is 0 Å². The largest absolute Gasteiger partial charge is 0.358 e. The second-order valence-corrected chi connectivity index (χ2v) is 7.54. The smallest absolute Gasteiger partial charge is 0.286 e. The van der Waals surface area contributed by atoms with Gasteiger partial charge in [-0.1, -0.05) is 61.2 Å². The van der Waals surface area contributed by atoms with Crippen LogP contribution in [0.3, 0.4) is 0 Å². The summed E-state index contributed by atoms with van der Waals surface area (Å²) in [5.41, 5.74) is 4.55. The molecule has 4 rings (SSSR count). The summed E-state index contributed by atoms with van der Waals surface area (Å²) < 4.78 is 0. The Labute approximate surface area is 150 Å². The van der Waals surface area contributed by atoms with Gasteiger partial charge >= 0.3 is 0 Å². The molecule has 0 bridgehead atoms. The molecule has 3 aromatic rings. The number of fused-ring (bicyclic) bond motifs is 1. The van der Waals surface area contributed by atoms with E-state index >= 15 is 0 Å². The number of amides is 2. The molecular formula is C20H18N2O2S. The van der Waals surface area contributed by atoms with Crippen molar-refractivity contribution in [3.8, 4) is 0 Å². The summed E-state index contributed by atoms with van der Waals surface area (Å²) in [7, 11) is 0. The van der Waals surface area contributed by atoms with Crippen molar-refractivity contribution in [1.82, 2.24) is 10.3 Å². The van der Waals surface area contributed by atoms with E-state index < -0.39 is 0 Å². The minimum absolute atomic E-state index is 0.194. The Kier molecular flexibility index (Phi) is 4.09. The molecule has 0 saturated carbocycles. The molecule has 2 unspecified atom stereocenters. The van der Waals surface area contributed by atoms with Crippen LogP contribution in [0.15, 0.2) is 54.6 Å². The first-order valence-electron chi connectivity index (χ1n) is 8.28. The molecule has 2 atom stereocenters. The van der Waals surface area contributed by atoms with Crippen LogP contribution < -0.4 is 5.32 Å². The van der Waals surface area contributed by atoms with Gasteiger partial charge in [-0.25, -0.2) is 0 Å². The van der Waals surface area contributed by atoms with E-state index in [1.807, 2.05) is 12.1 Å². The predicted octanol–water partition coefficient (Wildman–Crippen LogP) is 4.21. The summed E-state index contributed by atoms with van der Waals surface area (Å²) in [5, 5.41) is 2.91. The van der Waals surface area contributed by atoms with Crippen LogP contribution in [0.4, 0.5) is 4.79 Å². The summed E-state index contributed by atoms with van der Waals surface area (Å²) in [4.78, 5) is 26.6. The zero-order valence-electron chi connectivity index (χ0n) is 13.8. The van der Waals surface area contributed by atoms with Crippen LogP contribution >= 0.6 is 11.8 Å². The number of carbonyl (C=O) groups is 2. The van der Waals surface area contributed by atoms with Crippen molar-refractivity contribution in [2.24, 2.45) is 0 Å². The van der Waals surface area contributed by atoms with Crippen LogP contribution in [-0.4, -0.2) is 21.4 Å². The highest BCUT2D eigenvalue weighted by Gasteiger charge is 2.31. The van der Waals surface area contributed by atoms with E-state index in [2.05, 4.69) is 59.7 Å². The second-order valence-electron chi connectivity index (χ2n) is 6.37. The third kappa shape index (κ3) is 3.20. The minimum atomic E-state index is -0.331. The number of aromatic nitrogens is 1. The van der Waals surface area contributed by atoms with Crippen molar-refractivity contribution in [1.29, 1.82) is 0 Å². The molecule has 4 nitrogen and oxygen atoms in total. The van der Waals surface area contributed by atoms with E-state index in [9.17, 15) is 9.59 Å². The standard InChI is InChI=1S/C20H18N2O2S/c1-12(14-5-3-2-4-6-14)16-11-15-8-7-13(9-17(15)21-16)10-18-19(23)22-20(24)25-18/h2-9,11-12,18,21H,10H2,1H3,(H,22,23,24). The lowest BCUT2D eigenvalue weighted by Crippen LogP contribution is -2.25. The number of rotatable bonds is 4. The third-order valence-corrected chi connectivity index (χ3v) is 5.64. The van der Waals surface area contributed by atoms with Crippen LogP contribution in [0, 0.1) is 0 Å². The Hall–Kier alpha value is -2.53. The highest BCUT2D eigenvalue weighted by Crippen LogP contribution is 2.28. The van der Waals surface area contributed by atoms with Gasteiger partial charge in [-0.2, -0.15) is 0 Å². The van der Waals surface area contributed by atoms with Gasteiger partial charge in [0.25, 0.3) is 5.24 Å². The summed E-state index contributed by atoms with van der Waals surface area (Å²) in [6, 6.07) is 18.8. The minimum Gasteiger partial charge on any atom is -0.358 e. The van der Waals surface area contributed by atoms with Gasteiger partial charge in [-0.05, 0) is 35.1 Å². The highest BCUT2D eigenvalue weighted by atomic mass is 32.2. The molecule has 5 heteroatoms. The molecule has 1 aromatic heterocycles. The van der Waals surface area contributed by atoms with Crippen molar-refractivity contribution < 1.29 is 9.59 Å². The Balaban J connectivity index is 1.59. The monoisotopic (exact) mass is 350 g/mol. The third-order valence-electron chi connectivity index (χ3n) is 4.66. The van der Waals surface area contributed by atoms with Gasteiger partial charge in [0, 0.05) is 17.1 Å². The van der Waals surface area contributed by atoms with Crippen molar-refractivity contribution in [2.45, 2.75) is 24.5 Å². The first kappa shape index (κ1) is 16.0. The highest BCUT2D eigenvalue weighted by molar-refractivity contribution is 8.15. The average molecular weight is 350 g/mol. The number of aromatic amines is 1. The molecule has 2 N–H and O–H groups in total. The van der Waals surface area contributed by atoms with Crippen LogP contribution in [0.5, 0.6) is 0 Å². The normalized spacial score (nSPS) is 18.5. The van der Waals surface area contributed by atoms with Crippen LogP contribution in [-0.2, 0) is 11.2 Å². The number of hydrogen-bond donors (Lipinski definition) is 2. The van der Waals surface area contributed by atoms with Crippen LogP contribution in [0.2, 0.25) is 0 Å². The molecule has 1 saturated heterocycles. The van der Waals surface area contributed by atoms with Crippen molar-refractivity contribution >= 4 is 33.8 Å². The Morgan fingerprint density at radius 2 is 1.88 bits per heavy atom. The summed E-state index contributed by atoms with van der Waals surface area (Å²) in [6.45, 7) is 2.19. The Bertz CT molecular complexity index is 949. The fourth-order valence-electron chi connectivity index (χ4n) is 3.22. The summed E-state index contributed by atoms with van der Waals surface area (Å²) in [5.74, 6) is 0.0887. The molecule has 2 heterocycles. The number of hydrogen-bond acceptors (Lipinski definition) is 3. The molecule has 0 radical (unpaired) electrons. The molecule has 126 valence electrons. The number of nitrogens with one attached hydrogen (secondary N) is 2. The number of thioether (sulfide) groups is 1. The lowest BCUT2D eigenvalue weighted by molar-refractivity contribution is -0.118. The molecule has 0 aliphatic carbocycles. The van der Waals surface area contributed by atoms with Gasteiger partial charge in [0.2, 0.25) is 5.91 Å². The SMILES string of the molecule is CC(c1ccccc1)c1cc2ccc(CC3SC(=O)NC3=O)cc2[nH]1. The number of H-pyrrole nitrogens is 1. The lowest BCUT2D eigenvalue weighted by Gasteiger charge is -2.09. The maximum absolute atomic E-state index is 11.7. The number of benzene rings is 2. The van der Waals surface area contributed by atoms with Gasteiger partial charge in [0.15, 0.2) is 0 Å². The summed E-state index contributed by atoms with van der Waals surface area (Å²) >= 11 is 1.07. The van der Waals surface area contributed by atoms with Crippen molar-refractivity contribution in [3.05, 3.63) is 71.4 Å². The van der Waals surface area contributed by atoms with Gasteiger partial charge in [0.05, 0.1) is 5.25 Å².